The second-order valence-corrected chi connectivity index (χ2v) is 9.30. The minimum Gasteiger partial charge on any atom is -0.365 e. The molecule has 0 aliphatic carbocycles. The van der Waals surface area contributed by atoms with Gasteiger partial charge >= 0.3 is 0 Å². The molecule has 0 aliphatic heterocycles. The predicted molar refractivity (Wildman–Crippen MR) is 127 cm³/mol. The van der Waals surface area contributed by atoms with Gasteiger partial charge < -0.3 is 10.2 Å². The fourth-order valence-electron chi connectivity index (χ4n) is 3.43. The minimum absolute atomic E-state index is 0.0120. The Morgan fingerprint density at radius 3 is 2.57 bits per heavy atom. The van der Waals surface area contributed by atoms with Crippen molar-refractivity contribution < 1.29 is 4.79 Å². The number of rotatable bonds is 9. The molecule has 0 atom stereocenters. The third-order valence-corrected chi connectivity index (χ3v) is 5.11. The summed E-state index contributed by atoms with van der Waals surface area (Å²) in [7, 11) is 1.98. The van der Waals surface area contributed by atoms with Crippen molar-refractivity contribution in [3.63, 3.8) is 0 Å². The van der Waals surface area contributed by atoms with E-state index < -0.39 is 0 Å². The quantitative estimate of drug-likeness (QED) is 0.591. The number of anilines is 1. The molecule has 1 aromatic heterocycles. The Labute approximate surface area is 182 Å². The lowest BCUT2D eigenvalue weighted by molar-refractivity contribution is -0.122. The van der Waals surface area contributed by atoms with Crippen LogP contribution in [0.3, 0.4) is 0 Å². The monoisotopic (exact) mass is 410 g/mol. The van der Waals surface area contributed by atoms with Gasteiger partial charge in [-0.25, -0.2) is 0 Å². The van der Waals surface area contributed by atoms with Crippen LogP contribution in [0.2, 0.25) is 0 Å². The first-order valence-electron chi connectivity index (χ1n) is 10.8. The van der Waals surface area contributed by atoms with E-state index in [1.165, 1.54) is 16.8 Å². The van der Waals surface area contributed by atoms with Crippen LogP contribution in [0.25, 0.3) is 6.08 Å². The van der Waals surface area contributed by atoms with E-state index in [2.05, 4.69) is 86.4 Å². The molecule has 0 spiro atoms. The van der Waals surface area contributed by atoms with E-state index >= 15 is 0 Å². The molecule has 0 fully saturated rings. The lowest BCUT2D eigenvalue weighted by atomic mass is 9.92. The molecule has 2 rings (SSSR count). The van der Waals surface area contributed by atoms with Crippen LogP contribution in [-0.4, -0.2) is 28.8 Å². The number of benzene rings is 1. The summed E-state index contributed by atoms with van der Waals surface area (Å²) in [6.45, 7) is 14.8. The average molecular weight is 411 g/mol. The second-order valence-electron chi connectivity index (χ2n) is 9.30. The first-order valence-corrected chi connectivity index (χ1v) is 10.8. The molecule has 5 heteroatoms. The molecule has 0 radical (unpaired) electrons. The maximum atomic E-state index is 12.1. The number of carbonyl (C=O) groups excluding carboxylic acids is 1. The van der Waals surface area contributed by atoms with Crippen molar-refractivity contribution in [3.8, 4) is 0 Å². The number of carbonyl (C=O) groups is 1. The van der Waals surface area contributed by atoms with E-state index in [0.717, 1.165) is 30.9 Å². The van der Waals surface area contributed by atoms with Crippen LogP contribution in [0.5, 0.6) is 0 Å². The molecule has 0 aliphatic rings. The van der Waals surface area contributed by atoms with Gasteiger partial charge in [-0.15, -0.1) is 0 Å². The van der Waals surface area contributed by atoms with Crippen molar-refractivity contribution in [2.24, 2.45) is 12.5 Å². The van der Waals surface area contributed by atoms with Gasteiger partial charge in [0.15, 0.2) is 0 Å². The molecule has 30 heavy (non-hydrogen) atoms. The van der Waals surface area contributed by atoms with Crippen molar-refractivity contribution in [1.82, 2.24) is 15.1 Å². The van der Waals surface area contributed by atoms with Crippen molar-refractivity contribution in [2.75, 3.05) is 18.0 Å². The highest BCUT2D eigenvalue weighted by molar-refractivity contribution is 5.76. The largest absolute Gasteiger partial charge is 0.365 e. The molecule has 5 nitrogen and oxygen atoms in total. The zero-order valence-corrected chi connectivity index (χ0v) is 19.7. The predicted octanol–water partition coefficient (Wildman–Crippen LogP) is 5.02. The van der Waals surface area contributed by atoms with E-state index in [-0.39, 0.29) is 11.3 Å². The van der Waals surface area contributed by atoms with Gasteiger partial charge in [0.2, 0.25) is 5.91 Å². The summed E-state index contributed by atoms with van der Waals surface area (Å²) in [6.07, 6.45) is 5.65. The van der Waals surface area contributed by atoms with Gasteiger partial charge in [-0.05, 0) is 61.9 Å². The van der Waals surface area contributed by atoms with Gasteiger partial charge in [-0.2, -0.15) is 5.10 Å². The number of amides is 1. The lowest BCUT2D eigenvalue weighted by Crippen LogP contribution is -2.31. The third kappa shape index (κ3) is 7.36. The van der Waals surface area contributed by atoms with E-state index in [9.17, 15) is 4.79 Å². The Morgan fingerprint density at radius 1 is 1.23 bits per heavy atom. The number of aromatic nitrogens is 2. The smallest absolute Gasteiger partial charge is 0.220 e. The topological polar surface area (TPSA) is 50.2 Å². The van der Waals surface area contributed by atoms with E-state index in [0.29, 0.717) is 13.0 Å². The Balaban J connectivity index is 2.10. The molecule has 1 heterocycles. The average Bonchev–Trinajstić information content (AvgIpc) is 2.95. The maximum absolute atomic E-state index is 12.1. The summed E-state index contributed by atoms with van der Waals surface area (Å²) < 4.78 is 1.92. The molecule has 0 bridgehead atoms. The number of hydrogen-bond donors (Lipinski definition) is 1. The third-order valence-electron chi connectivity index (χ3n) is 5.11. The lowest BCUT2D eigenvalue weighted by Gasteiger charge is -2.25. The standard InChI is InChI=1S/C25H38N4O/c1-8-10-21-16-23(12-11-19(21)2)29(18-22-15-20(3)28(7)27-22)14-9-13-26-24(30)17-25(4,5)6/h8,10-12,15-16H,9,13-14,17-18H2,1-7H3,(H,26,30)/b10-8-. The molecular formula is C25H38N4O. The normalized spacial score (nSPS) is 11.8. The molecule has 0 saturated heterocycles. The zero-order valence-electron chi connectivity index (χ0n) is 19.7. The molecule has 1 N–H and O–H groups in total. The van der Waals surface area contributed by atoms with Crippen molar-refractivity contribution >= 4 is 17.7 Å². The highest BCUT2D eigenvalue weighted by atomic mass is 16.1. The molecule has 0 saturated carbocycles. The van der Waals surface area contributed by atoms with Crippen LogP contribution >= 0.6 is 0 Å². The van der Waals surface area contributed by atoms with E-state index in [4.69, 9.17) is 0 Å². The van der Waals surface area contributed by atoms with Gasteiger partial charge in [0.25, 0.3) is 0 Å². The van der Waals surface area contributed by atoms with Crippen LogP contribution < -0.4 is 10.2 Å². The summed E-state index contributed by atoms with van der Waals surface area (Å²) >= 11 is 0. The number of nitrogens with zero attached hydrogens (tertiary/aromatic N) is 3. The van der Waals surface area contributed by atoms with Crippen molar-refractivity contribution in [2.45, 2.75) is 60.9 Å². The van der Waals surface area contributed by atoms with Gasteiger partial charge in [0.1, 0.15) is 0 Å². The Bertz CT molecular complexity index is 854. The van der Waals surface area contributed by atoms with Crippen molar-refractivity contribution in [3.05, 3.63) is 52.9 Å². The second kappa shape index (κ2) is 10.5. The number of aryl methyl sites for hydroxylation is 3. The van der Waals surface area contributed by atoms with Gasteiger partial charge in [0.05, 0.1) is 12.2 Å². The van der Waals surface area contributed by atoms with Crippen LogP contribution in [0.4, 0.5) is 5.69 Å². The Morgan fingerprint density at radius 2 is 1.97 bits per heavy atom. The fourth-order valence-corrected chi connectivity index (χ4v) is 3.43. The summed E-state index contributed by atoms with van der Waals surface area (Å²) in [5.74, 6) is 0.125. The van der Waals surface area contributed by atoms with Crippen LogP contribution in [0, 0.1) is 19.3 Å². The number of allylic oxidation sites excluding steroid dienone is 1. The van der Waals surface area contributed by atoms with E-state index in [1.54, 1.807) is 0 Å². The fraction of sp³-hybridized carbons (Fsp3) is 0.520. The van der Waals surface area contributed by atoms with Gasteiger partial charge in [-0.1, -0.05) is 39.0 Å². The summed E-state index contributed by atoms with van der Waals surface area (Å²) in [5.41, 5.74) is 5.89. The molecule has 1 amide bonds. The molecule has 1 aromatic carbocycles. The maximum Gasteiger partial charge on any atom is 0.220 e. The highest BCUT2D eigenvalue weighted by Crippen LogP contribution is 2.23. The molecule has 2 aromatic rings. The first kappa shape index (κ1) is 23.7. The SMILES string of the molecule is C/C=C\c1cc(N(CCCNC(=O)CC(C)(C)C)Cc2cc(C)n(C)n2)ccc1C. The highest BCUT2D eigenvalue weighted by Gasteiger charge is 2.16. The number of nitrogens with one attached hydrogen (secondary N) is 1. The summed E-state index contributed by atoms with van der Waals surface area (Å²) in [6, 6.07) is 8.73. The van der Waals surface area contributed by atoms with Crippen LogP contribution in [0.15, 0.2) is 30.3 Å². The van der Waals surface area contributed by atoms with Crippen LogP contribution in [-0.2, 0) is 18.4 Å². The molecular weight excluding hydrogens is 372 g/mol. The van der Waals surface area contributed by atoms with E-state index in [1.807, 2.05) is 18.7 Å². The van der Waals surface area contributed by atoms with Crippen LogP contribution in [0.1, 0.15) is 63.1 Å². The molecule has 164 valence electrons. The summed E-state index contributed by atoms with van der Waals surface area (Å²) in [5, 5.41) is 7.71. The first-order chi connectivity index (χ1) is 14.1. The van der Waals surface area contributed by atoms with Gasteiger partial charge in [-0.3, -0.25) is 9.48 Å². The number of hydrogen-bond acceptors (Lipinski definition) is 3. The summed E-state index contributed by atoms with van der Waals surface area (Å²) in [4.78, 5) is 14.5. The molecule has 0 unspecified atom stereocenters. The Kier molecular flexibility index (Phi) is 8.27. The van der Waals surface area contributed by atoms with Gasteiger partial charge in [0, 0.05) is 37.9 Å². The Hall–Kier alpha value is -2.56. The minimum atomic E-state index is 0.0120. The zero-order chi connectivity index (χ0) is 22.3. The van der Waals surface area contributed by atoms with Crippen molar-refractivity contribution in [1.29, 1.82) is 0 Å².